The van der Waals surface area contributed by atoms with Gasteiger partial charge in [0, 0.05) is 32.1 Å². The average molecular weight is 333 g/mol. The van der Waals surface area contributed by atoms with E-state index < -0.39 is 0 Å². The minimum absolute atomic E-state index is 0.180. The fourth-order valence-corrected chi connectivity index (χ4v) is 4.12. The Kier molecular flexibility index (Phi) is 6.64. The van der Waals surface area contributed by atoms with Gasteiger partial charge in [0.1, 0.15) is 12.7 Å². The van der Waals surface area contributed by atoms with Crippen molar-refractivity contribution in [3.05, 3.63) is 12.7 Å². The summed E-state index contributed by atoms with van der Waals surface area (Å²) in [6.07, 6.45) is 14.0. The molecule has 0 radical (unpaired) electrons. The number of nitrogens with one attached hydrogen (secondary N) is 1. The van der Waals surface area contributed by atoms with Crippen molar-refractivity contribution in [1.82, 2.24) is 25.0 Å². The van der Waals surface area contributed by atoms with E-state index in [2.05, 4.69) is 20.3 Å². The molecule has 1 aliphatic carbocycles. The Morgan fingerprint density at radius 3 is 2.83 bits per heavy atom. The smallest absolute Gasteiger partial charge is 0.220 e. The largest absolute Gasteiger partial charge is 0.352 e. The van der Waals surface area contributed by atoms with E-state index in [9.17, 15) is 4.79 Å². The molecule has 1 atom stereocenters. The maximum atomic E-state index is 12.2. The lowest BCUT2D eigenvalue weighted by Gasteiger charge is -2.36. The molecule has 6 nitrogen and oxygen atoms in total. The molecule has 1 aromatic heterocycles. The Labute approximate surface area is 145 Å². The number of carbonyl (C=O) groups excluding carboxylic acids is 1. The van der Waals surface area contributed by atoms with Crippen LogP contribution in [0, 0.1) is 5.92 Å². The molecule has 2 aliphatic rings. The normalized spacial score (nSPS) is 23.2. The first kappa shape index (κ1) is 17.4. The van der Waals surface area contributed by atoms with E-state index >= 15 is 0 Å². The van der Waals surface area contributed by atoms with E-state index in [0.29, 0.717) is 12.5 Å². The van der Waals surface area contributed by atoms with Crippen molar-refractivity contribution in [2.75, 3.05) is 19.6 Å². The summed E-state index contributed by atoms with van der Waals surface area (Å²) in [6, 6.07) is 0.334. The molecule has 2 heterocycles. The minimum Gasteiger partial charge on any atom is -0.352 e. The highest BCUT2D eigenvalue weighted by Crippen LogP contribution is 2.25. The van der Waals surface area contributed by atoms with Gasteiger partial charge in [-0.1, -0.05) is 19.3 Å². The third-order valence-electron chi connectivity index (χ3n) is 5.37. The quantitative estimate of drug-likeness (QED) is 0.831. The molecule has 0 spiro atoms. The highest BCUT2D eigenvalue weighted by atomic mass is 16.1. The predicted octanol–water partition coefficient (Wildman–Crippen LogP) is 2.22. The van der Waals surface area contributed by atoms with E-state index in [1.54, 1.807) is 11.0 Å². The first-order valence-electron chi connectivity index (χ1n) is 9.64. The topological polar surface area (TPSA) is 63.1 Å². The Morgan fingerprint density at radius 1 is 1.17 bits per heavy atom. The summed E-state index contributed by atoms with van der Waals surface area (Å²) >= 11 is 0. The van der Waals surface area contributed by atoms with Crippen LogP contribution in [0.2, 0.25) is 0 Å². The zero-order valence-electron chi connectivity index (χ0n) is 14.7. The molecule has 134 valence electrons. The third-order valence-corrected chi connectivity index (χ3v) is 5.37. The van der Waals surface area contributed by atoms with Gasteiger partial charge in [0.2, 0.25) is 5.91 Å². The van der Waals surface area contributed by atoms with Crippen LogP contribution in [0.5, 0.6) is 0 Å². The molecule has 1 amide bonds. The fourth-order valence-electron chi connectivity index (χ4n) is 4.12. The number of aryl methyl sites for hydroxylation is 1. The van der Waals surface area contributed by atoms with Gasteiger partial charge in [-0.15, -0.1) is 0 Å². The monoisotopic (exact) mass is 333 g/mol. The molecule has 1 saturated carbocycles. The number of likely N-dealkylation sites (tertiary alicyclic amines) is 1. The maximum Gasteiger partial charge on any atom is 0.220 e. The van der Waals surface area contributed by atoms with Gasteiger partial charge in [-0.3, -0.25) is 9.48 Å². The van der Waals surface area contributed by atoms with Crippen LogP contribution >= 0.6 is 0 Å². The number of nitrogens with zero attached hydrogens (tertiary/aromatic N) is 4. The van der Waals surface area contributed by atoms with Crippen LogP contribution in [0.15, 0.2) is 12.7 Å². The lowest BCUT2D eigenvalue weighted by Crippen LogP contribution is -2.48. The third kappa shape index (κ3) is 5.58. The van der Waals surface area contributed by atoms with Crippen LogP contribution in [0.3, 0.4) is 0 Å². The number of carbonyl (C=O) groups is 1. The predicted molar refractivity (Wildman–Crippen MR) is 93.4 cm³/mol. The number of amides is 1. The van der Waals surface area contributed by atoms with Crippen LogP contribution in [-0.2, 0) is 11.3 Å². The van der Waals surface area contributed by atoms with Crippen LogP contribution in [0.1, 0.15) is 57.8 Å². The first-order valence-corrected chi connectivity index (χ1v) is 9.64. The van der Waals surface area contributed by atoms with Crippen molar-refractivity contribution in [2.45, 2.75) is 70.4 Å². The van der Waals surface area contributed by atoms with Crippen molar-refractivity contribution in [3.8, 4) is 0 Å². The van der Waals surface area contributed by atoms with E-state index in [4.69, 9.17) is 0 Å². The van der Waals surface area contributed by atoms with Crippen molar-refractivity contribution >= 4 is 5.91 Å². The van der Waals surface area contributed by atoms with Gasteiger partial charge in [-0.25, -0.2) is 4.98 Å². The summed E-state index contributed by atoms with van der Waals surface area (Å²) in [4.78, 5) is 18.7. The summed E-state index contributed by atoms with van der Waals surface area (Å²) in [5.41, 5.74) is 0. The van der Waals surface area contributed by atoms with E-state index in [-0.39, 0.29) is 5.91 Å². The SMILES string of the molecule is O=C(CCCn1cncn1)N[C@H]1CCCN(CC2CCCCC2)C1. The fraction of sp³-hybridized carbons (Fsp3) is 0.833. The van der Waals surface area contributed by atoms with Gasteiger partial charge in [-0.2, -0.15) is 5.10 Å². The Bertz CT molecular complexity index is 484. The van der Waals surface area contributed by atoms with Crippen LogP contribution < -0.4 is 5.32 Å². The number of hydrogen-bond acceptors (Lipinski definition) is 4. The van der Waals surface area contributed by atoms with E-state index in [1.165, 1.54) is 57.9 Å². The second kappa shape index (κ2) is 9.16. The number of hydrogen-bond donors (Lipinski definition) is 1. The summed E-state index contributed by atoms with van der Waals surface area (Å²) in [6.45, 7) is 4.23. The Hall–Kier alpha value is -1.43. The van der Waals surface area contributed by atoms with E-state index in [0.717, 1.165) is 31.8 Å². The molecule has 0 unspecified atom stereocenters. The zero-order valence-corrected chi connectivity index (χ0v) is 14.7. The van der Waals surface area contributed by atoms with Crippen LogP contribution in [0.25, 0.3) is 0 Å². The van der Waals surface area contributed by atoms with Gasteiger partial charge in [0.05, 0.1) is 0 Å². The number of piperidine rings is 1. The highest BCUT2D eigenvalue weighted by Gasteiger charge is 2.24. The molecule has 3 rings (SSSR count). The molecule has 6 heteroatoms. The van der Waals surface area contributed by atoms with Crippen LogP contribution in [-0.4, -0.2) is 51.2 Å². The molecule has 1 N–H and O–H groups in total. The van der Waals surface area contributed by atoms with Gasteiger partial charge >= 0.3 is 0 Å². The minimum atomic E-state index is 0.180. The van der Waals surface area contributed by atoms with Crippen molar-refractivity contribution in [1.29, 1.82) is 0 Å². The summed E-state index contributed by atoms with van der Waals surface area (Å²) in [5.74, 6) is 1.07. The zero-order chi connectivity index (χ0) is 16.6. The number of aromatic nitrogens is 3. The Morgan fingerprint density at radius 2 is 2.04 bits per heavy atom. The molecule has 2 fully saturated rings. The van der Waals surface area contributed by atoms with Crippen LogP contribution in [0.4, 0.5) is 0 Å². The molecule has 1 saturated heterocycles. The maximum absolute atomic E-state index is 12.2. The molecule has 0 bridgehead atoms. The van der Waals surface area contributed by atoms with Crippen molar-refractivity contribution < 1.29 is 4.79 Å². The molecular weight excluding hydrogens is 302 g/mol. The standard InChI is InChI=1S/C18H31N5O/c24-18(9-5-11-23-15-19-14-20-23)21-17-8-4-10-22(13-17)12-16-6-2-1-3-7-16/h14-17H,1-13H2,(H,21,24)/t17-/m0/s1. The first-order chi connectivity index (χ1) is 11.8. The molecule has 24 heavy (non-hydrogen) atoms. The molecule has 1 aliphatic heterocycles. The van der Waals surface area contributed by atoms with Crippen molar-refractivity contribution in [3.63, 3.8) is 0 Å². The van der Waals surface area contributed by atoms with Gasteiger partial charge in [0.25, 0.3) is 0 Å². The lowest BCUT2D eigenvalue weighted by molar-refractivity contribution is -0.122. The summed E-state index contributed by atoms with van der Waals surface area (Å²) in [5, 5.41) is 7.30. The van der Waals surface area contributed by atoms with Gasteiger partial charge in [-0.05, 0) is 44.6 Å². The second-order valence-electron chi connectivity index (χ2n) is 7.43. The number of rotatable bonds is 7. The van der Waals surface area contributed by atoms with Gasteiger partial charge in [0.15, 0.2) is 0 Å². The van der Waals surface area contributed by atoms with Gasteiger partial charge < -0.3 is 10.2 Å². The lowest BCUT2D eigenvalue weighted by atomic mass is 9.88. The average Bonchev–Trinajstić information content (AvgIpc) is 3.09. The molecule has 1 aromatic rings. The molecular formula is C18H31N5O. The molecule has 0 aromatic carbocycles. The second-order valence-corrected chi connectivity index (χ2v) is 7.43. The van der Waals surface area contributed by atoms with Crippen molar-refractivity contribution in [2.24, 2.45) is 5.92 Å². The summed E-state index contributed by atoms with van der Waals surface area (Å²) in [7, 11) is 0. The highest BCUT2D eigenvalue weighted by molar-refractivity contribution is 5.76. The van der Waals surface area contributed by atoms with E-state index in [1.807, 2.05) is 0 Å². The Balaban J connectivity index is 1.34. The summed E-state index contributed by atoms with van der Waals surface area (Å²) < 4.78 is 1.78.